The lowest BCUT2D eigenvalue weighted by Gasteiger charge is -2.30. The molecule has 1 fully saturated rings. The van der Waals surface area contributed by atoms with Gasteiger partial charge in [0, 0.05) is 26.1 Å². The second kappa shape index (κ2) is 6.85. The molecule has 1 atom stereocenters. The predicted molar refractivity (Wildman–Crippen MR) is 63.3 cm³/mol. The van der Waals surface area contributed by atoms with Crippen molar-refractivity contribution in [1.82, 2.24) is 10.2 Å². The Morgan fingerprint density at radius 1 is 1.39 bits per heavy atom. The first-order chi connectivity index (χ1) is 8.38. The number of piperidine rings is 1. The Bertz CT molecular complexity index is 269. The van der Waals surface area contributed by atoms with Crippen molar-refractivity contribution >= 4 is 6.03 Å². The summed E-state index contributed by atoms with van der Waals surface area (Å²) >= 11 is 0. The summed E-state index contributed by atoms with van der Waals surface area (Å²) < 4.78 is 35.6. The van der Waals surface area contributed by atoms with E-state index in [0.29, 0.717) is 18.9 Å². The first kappa shape index (κ1) is 15.1. The summed E-state index contributed by atoms with van der Waals surface area (Å²) in [5.41, 5.74) is 0. The highest BCUT2D eigenvalue weighted by Gasteiger charge is 2.26. The molecule has 0 bridgehead atoms. The quantitative estimate of drug-likeness (QED) is 0.779. The van der Waals surface area contributed by atoms with Crippen molar-refractivity contribution in [2.75, 3.05) is 19.6 Å². The second-order valence-electron chi connectivity index (χ2n) is 5.00. The van der Waals surface area contributed by atoms with E-state index in [1.54, 1.807) is 4.90 Å². The highest BCUT2D eigenvalue weighted by atomic mass is 19.4. The molecule has 3 nitrogen and oxygen atoms in total. The number of carbonyl (C=O) groups is 1. The van der Waals surface area contributed by atoms with Crippen LogP contribution < -0.4 is 5.32 Å². The van der Waals surface area contributed by atoms with Crippen LogP contribution in [-0.4, -0.2) is 36.7 Å². The smallest absolute Gasteiger partial charge is 0.338 e. The lowest BCUT2D eigenvalue weighted by molar-refractivity contribution is -0.135. The zero-order valence-corrected chi connectivity index (χ0v) is 10.7. The number of likely N-dealkylation sites (tertiary alicyclic amines) is 1. The van der Waals surface area contributed by atoms with Gasteiger partial charge in [-0.25, -0.2) is 4.79 Å². The molecule has 1 rings (SSSR count). The molecule has 0 aromatic heterocycles. The summed E-state index contributed by atoms with van der Waals surface area (Å²) in [7, 11) is 0. The third kappa shape index (κ3) is 6.12. The number of amides is 2. The van der Waals surface area contributed by atoms with Gasteiger partial charge in [0.15, 0.2) is 0 Å². The van der Waals surface area contributed by atoms with Crippen LogP contribution in [0.5, 0.6) is 0 Å². The van der Waals surface area contributed by atoms with Crippen LogP contribution in [0, 0.1) is 5.92 Å². The zero-order chi connectivity index (χ0) is 13.6. The first-order valence-corrected chi connectivity index (χ1v) is 6.48. The van der Waals surface area contributed by atoms with E-state index in [4.69, 9.17) is 0 Å². The van der Waals surface area contributed by atoms with Gasteiger partial charge in [0.05, 0.1) is 0 Å². The number of rotatable bonds is 4. The van der Waals surface area contributed by atoms with E-state index >= 15 is 0 Å². The van der Waals surface area contributed by atoms with Gasteiger partial charge in [0.1, 0.15) is 0 Å². The third-order valence-electron chi connectivity index (χ3n) is 3.11. The molecule has 0 radical (unpaired) electrons. The van der Waals surface area contributed by atoms with Crippen molar-refractivity contribution in [3.05, 3.63) is 0 Å². The van der Waals surface area contributed by atoms with Crippen LogP contribution in [0.25, 0.3) is 0 Å². The minimum Gasteiger partial charge on any atom is -0.338 e. The molecule has 2 amide bonds. The lowest BCUT2D eigenvalue weighted by atomic mass is 10.0. The number of unbranched alkanes of at least 4 members (excludes halogenated alkanes) is 1. The van der Waals surface area contributed by atoms with Crippen LogP contribution in [0.4, 0.5) is 18.0 Å². The maximum atomic E-state index is 11.9. The van der Waals surface area contributed by atoms with Crippen LogP contribution in [0.1, 0.15) is 39.0 Å². The van der Waals surface area contributed by atoms with Gasteiger partial charge in [-0.15, -0.1) is 0 Å². The van der Waals surface area contributed by atoms with Gasteiger partial charge in [-0.1, -0.05) is 6.92 Å². The molecule has 1 aliphatic heterocycles. The highest BCUT2D eigenvalue weighted by Crippen LogP contribution is 2.21. The summed E-state index contributed by atoms with van der Waals surface area (Å²) in [6.07, 6.45) is -2.29. The fourth-order valence-corrected chi connectivity index (χ4v) is 2.13. The number of nitrogens with one attached hydrogen (secondary N) is 1. The predicted octanol–water partition coefficient (Wildman–Crippen LogP) is 3.16. The van der Waals surface area contributed by atoms with Crippen LogP contribution >= 0.6 is 0 Å². The fraction of sp³-hybridized carbons (Fsp3) is 0.917. The molecule has 0 saturated carbocycles. The largest absolute Gasteiger partial charge is 0.389 e. The summed E-state index contributed by atoms with van der Waals surface area (Å²) in [4.78, 5) is 13.4. The van der Waals surface area contributed by atoms with Gasteiger partial charge in [-0.05, 0) is 31.6 Å². The monoisotopic (exact) mass is 266 g/mol. The zero-order valence-electron chi connectivity index (χ0n) is 10.7. The first-order valence-electron chi connectivity index (χ1n) is 6.48. The van der Waals surface area contributed by atoms with Gasteiger partial charge in [0.25, 0.3) is 0 Å². The van der Waals surface area contributed by atoms with Crippen molar-refractivity contribution in [3.8, 4) is 0 Å². The number of hydrogen-bond donors (Lipinski definition) is 1. The van der Waals surface area contributed by atoms with E-state index in [1.165, 1.54) is 0 Å². The average molecular weight is 266 g/mol. The Morgan fingerprint density at radius 3 is 2.72 bits per heavy atom. The maximum Gasteiger partial charge on any atom is 0.389 e. The summed E-state index contributed by atoms with van der Waals surface area (Å²) in [6.45, 7) is 3.91. The maximum absolute atomic E-state index is 11.9. The van der Waals surface area contributed by atoms with Crippen LogP contribution in [0.15, 0.2) is 0 Å². The molecule has 1 saturated heterocycles. The number of urea groups is 1. The Morgan fingerprint density at radius 2 is 2.11 bits per heavy atom. The molecule has 6 heteroatoms. The molecular formula is C12H21F3N2O. The molecule has 1 aliphatic rings. The fourth-order valence-electron chi connectivity index (χ4n) is 2.13. The molecule has 1 unspecified atom stereocenters. The topological polar surface area (TPSA) is 32.3 Å². The molecule has 106 valence electrons. The van der Waals surface area contributed by atoms with Gasteiger partial charge in [0.2, 0.25) is 0 Å². The van der Waals surface area contributed by atoms with E-state index in [-0.39, 0.29) is 12.5 Å². The Balaban J connectivity index is 2.10. The summed E-state index contributed by atoms with van der Waals surface area (Å²) in [5, 5.41) is 2.68. The van der Waals surface area contributed by atoms with Gasteiger partial charge < -0.3 is 10.2 Å². The van der Waals surface area contributed by atoms with Gasteiger partial charge >= 0.3 is 12.2 Å². The second-order valence-corrected chi connectivity index (χ2v) is 5.00. The number of carbonyl (C=O) groups excluding carboxylic acids is 1. The third-order valence-corrected chi connectivity index (χ3v) is 3.11. The SMILES string of the molecule is CC1CCCN(C(=O)NCCCCC(F)(F)F)C1. The molecule has 0 aliphatic carbocycles. The molecular weight excluding hydrogens is 245 g/mol. The lowest BCUT2D eigenvalue weighted by Crippen LogP contribution is -2.45. The molecule has 0 spiro atoms. The van der Waals surface area contributed by atoms with Crippen molar-refractivity contribution in [3.63, 3.8) is 0 Å². The minimum absolute atomic E-state index is 0.0696. The summed E-state index contributed by atoms with van der Waals surface area (Å²) in [5.74, 6) is 0.509. The van der Waals surface area contributed by atoms with Crippen LogP contribution in [0.3, 0.4) is 0 Å². The number of hydrogen-bond acceptors (Lipinski definition) is 1. The Kier molecular flexibility index (Phi) is 5.75. The van der Waals surface area contributed by atoms with Crippen LogP contribution in [0.2, 0.25) is 0 Å². The molecule has 0 aromatic carbocycles. The Labute approximate surface area is 106 Å². The molecule has 18 heavy (non-hydrogen) atoms. The number of alkyl halides is 3. The van der Waals surface area contributed by atoms with Crippen LogP contribution in [-0.2, 0) is 0 Å². The minimum atomic E-state index is -4.09. The van der Waals surface area contributed by atoms with E-state index in [0.717, 1.165) is 25.9 Å². The van der Waals surface area contributed by atoms with E-state index < -0.39 is 12.6 Å². The number of halogens is 3. The van der Waals surface area contributed by atoms with Crippen molar-refractivity contribution in [2.24, 2.45) is 5.92 Å². The standard InChI is InChI=1S/C12H21F3N2O/c1-10-5-4-8-17(9-10)11(18)16-7-3-2-6-12(13,14)15/h10H,2-9H2,1H3,(H,16,18). The normalized spacial score (nSPS) is 20.9. The van der Waals surface area contributed by atoms with Gasteiger partial charge in [-0.2, -0.15) is 13.2 Å². The van der Waals surface area contributed by atoms with Crippen molar-refractivity contribution in [1.29, 1.82) is 0 Å². The highest BCUT2D eigenvalue weighted by molar-refractivity contribution is 5.74. The van der Waals surface area contributed by atoms with E-state index in [1.807, 2.05) is 0 Å². The number of nitrogens with zero attached hydrogens (tertiary/aromatic N) is 1. The molecule has 0 aromatic rings. The van der Waals surface area contributed by atoms with Crippen molar-refractivity contribution in [2.45, 2.75) is 45.2 Å². The van der Waals surface area contributed by atoms with Crippen molar-refractivity contribution < 1.29 is 18.0 Å². The Hall–Kier alpha value is -0.940. The summed E-state index contributed by atoms with van der Waals surface area (Å²) in [6, 6.07) is -0.145. The molecule has 1 N–H and O–H groups in total. The average Bonchev–Trinajstić information content (AvgIpc) is 2.26. The molecule has 1 heterocycles. The van der Waals surface area contributed by atoms with E-state index in [2.05, 4.69) is 12.2 Å². The van der Waals surface area contributed by atoms with E-state index in [9.17, 15) is 18.0 Å². The van der Waals surface area contributed by atoms with Gasteiger partial charge in [-0.3, -0.25) is 0 Å².